The number of hydrogen-bond acceptors (Lipinski definition) is 9. The Hall–Kier alpha value is -6.02. The Labute approximate surface area is 344 Å². The maximum absolute atomic E-state index is 12.9. The number of para-hydroxylation sites is 1. The lowest BCUT2D eigenvalue weighted by molar-refractivity contribution is -0.130. The fourth-order valence-corrected chi connectivity index (χ4v) is 7.47. The van der Waals surface area contributed by atoms with Gasteiger partial charge in [-0.25, -0.2) is 4.79 Å². The molecule has 0 radical (unpaired) electrons. The Bertz CT molecular complexity index is 2310. The van der Waals surface area contributed by atoms with E-state index >= 15 is 0 Å². The second kappa shape index (κ2) is 20.1. The third kappa shape index (κ3) is 11.6. The predicted molar refractivity (Wildman–Crippen MR) is 230 cm³/mol. The fraction of sp³-hybridized carbons (Fsp3) is 0.348. The molecule has 0 bridgehead atoms. The first-order valence-corrected chi connectivity index (χ1v) is 20.2. The molecular weight excluding hydrogens is 749 g/mol. The molecule has 310 valence electrons. The van der Waals surface area contributed by atoms with Crippen LogP contribution in [0.5, 0.6) is 5.75 Å². The molecule has 1 atom stereocenters. The molecule has 1 aromatic heterocycles. The van der Waals surface area contributed by atoms with Gasteiger partial charge < -0.3 is 40.4 Å². The average Bonchev–Trinajstić information content (AvgIpc) is 3.22. The minimum absolute atomic E-state index is 0.0242. The number of phenolic OH excluding ortho intramolecular Hbond substituents is 1. The fourth-order valence-electron chi connectivity index (χ4n) is 7.47. The summed E-state index contributed by atoms with van der Waals surface area (Å²) in [4.78, 5) is 56.8. The van der Waals surface area contributed by atoms with Crippen molar-refractivity contribution in [3.63, 3.8) is 0 Å². The number of aromatic nitrogens is 1. The number of aromatic amines is 1. The summed E-state index contributed by atoms with van der Waals surface area (Å²) in [5.41, 5.74) is 6.82. The third-order valence-electron chi connectivity index (χ3n) is 10.9. The van der Waals surface area contributed by atoms with Gasteiger partial charge in [0.05, 0.1) is 17.3 Å². The van der Waals surface area contributed by atoms with E-state index in [0.29, 0.717) is 62.0 Å². The highest BCUT2D eigenvalue weighted by atomic mass is 16.6. The zero-order chi connectivity index (χ0) is 41.9. The molecule has 0 unspecified atom stereocenters. The van der Waals surface area contributed by atoms with Crippen molar-refractivity contribution in [2.45, 2.75) is 64.7 Å². The van der Waals surface area contributed by atoms with Gasteiger partial charge in [-0.1, -0.05) is 60.7 Å². The molecule has 1 fully saturated rings. The zero-order valence-corrected chi connectivity index (χ0v) is 33.9. The van der Waals surface area contributed by atoms with Gasteiger partial charge in [0.15, 0.2) is 0 Å². The predicted octanol–water partition coefficient (Wildman–Crippen LogP) is 6.62. The number of carbonyl (C=O) groups excluding carboxylic acids is 3. The van der Waals surface area contributed by atoms with Crippen molar-refractivity contribution in [3.8, 4) is 16.9 Å². The Morgan fingerprint density at radius 2 is 1.64 bits per heavy atom. The van der Waals surface area contributed by atoms with E-state index in [0.717, 1.165) is 46.6 Å². The highest BCUT2D eigenvalue weighted by Gasteiger charge is 2.24. The first-order valence-electron chi connectivity index (χ1n) is 20.2. The number of nitrogens with one attached hydrogen (secondary N) is 4. The minimum Gasteiger partial charge on any atom is -0.506 e. The number of rotatable bonds is 16. The Morgan fingerprint density at radius 3 is 2.42 bits per heavy atom. The van der Waals surface area contributed by atoms with Gasteiger partial charge >= 0.3 is 6.09 Å². The topological polar surface area (TPSA) is 176 Å². The number of aryl methyl sites for hydroxylation is 2. The molecule has 13 nitrogen and oxygen atoms in total. The van der Waals surface area contributed by atoms with Crippen molar-refractivity contribution >= 4 is 40.2 Å². The van der Waals surface area contributed by atoms with Gasteiger partial charge in [0, 0.05) is 81.9 Å². The molecule has 0 aliphatic carbocycles. The maximum Gasteiger partial charge on any atom is 0.411 e. The van der Waals surface area contributed by atoms with Crippen molar-refractivity contribution in [1.29, 1.82) is 0 Å². The molecule has 6 rings (SSSR count). The van der Waals surface area contributed by atoms with E-state index < -0.39 is 12.2 Å². The first kappa shape index (κ1) is 42.6. The summed E-state index contributed by atoms with van der Waals surface area (Å²) in [6, 6.07) is 27.5. The van der Waals surface area contributed by atoms with Crippen LogP contribution in [0.1, 0.15) is 60.5 Å². The van der Waals surface area contributed by atoms with Gasteiger partial charge in [0.25, 0.3) is 0 Å². The van der Waals surface area contributed by atoms with Crippen LogP contribution in [0, 0.1) is 13.8 Å². The number of phenols is 1. The minimum atomic E-state index is -0.875. The smallest absolute Gasteiger partial charge is 0.411 e. The SMILES string of the molecule is Cc1cc(NC(=O)CCCN(C)C(=O)CCN2CCC(OC(=O)Nc3ccccc3-c3ccccc3)CC2)c(C)cc1CNC[C@H](O)c1ccc(O)c2[nH]c(=O)ccc12. The number of likely N-dealkylation sites (tertiary alicyclic amines) is 1. The third-order valence-corrected chi connectivity index (χ3v) is 10.9. The van der Waals surface area contributed by atoms with Crippen LogP contribution >= 0.6 is 0 Å². The summed E-state index contributed by atoms with van der Waals surface area (Å²) in [6.45, 7) is 7.20. The zero-order valence-electron chi connectivity index (χ0n) is 33.9. The van der Waals surface area contributed by atoms with Gasteiger partial charge in [-0.2, -0.15) is 0 Å². The van der Waals surface area contributed by atoms with E-state index in [1.165, 1.54) is 12.1 Å². The standard InChI is InChI=1S/C46H54N6O7/c1-30-27-39(31(2)26-33(30)28-47-29-41(54)36-15-17-40(53)45-37(36)16-18-43(56)50-45)48-42(55)14-9-22-51(3)44(57)21-25-52-23-19-34(20-24-52)59-46(58)49-38-13-8-7-12-35(38)32-10-5-4-6-11-32/h4-8,10-13,15-18,26-27,34,41,47,53-54H,9,14,19-25,28-29H2,1-3H3,(H,48,55)(H,49,58)(H,50,56)/t41-/m0/s1. The largest absolute Gasteiger partial charge is 0.506 e. The van der Waals surface area contributed by atoms with Gasteiger partial charge in [-0.3, -0.25) is 19.7 Å². The number of aliphatic hydroxyl groups excluding tert-OH is 1. The van der Waals surface area contributed by atoms with E-state index in [4.69, 9.17) is 4.74 Å². The lowest BCUT2D eigenvalue weighted by atomic mass is 10.0. The number of carbonyl (C=O) groups is 3. The van der Waals surface area contributed by atoms with E-state index in [1.807, 2.05) is 80.6 Å². The van der Waals surface area contributed by atoms with E-state index in [9.17, 15) is 29.4 Å². The van der Waals surface area contributed by atoms with E-state index in [1.54, 1.807) is 24.1 Å². The van der Waals surface area contributed by atoms with Crippen molar-refractivity contribution in [3.05, 3.63) is 124 Å². The number of anilines is 2. The second-order valence-corrected chi connectivity index (χ2v) is 15.2. The number of piperidine rings is 1. The van der Waals surface area contributed by atoms with Crippen LogP contribution in [0.4, 0.5) is 16.2 Å². The molecule has 1 saturated heterocycles. The molecule has 1 aliphatic heterocycles. The van der Waals surface area contributed by atoms with Gasteiger partial charge in [0.1, 0.15) is 11.9 Å². The molecule has 1 aliphatic rings. The molecule has 0 saturated carbocycles. The summed E-state index contributed by atoms with van der Waals surface area (Å²) >= 11 is 0. The van der Waals surface area contributed by atoms with Crippen molar-refractivity contribution in [2.24, 2.45) is 0 Å². The number of hydrogen-bond donors (Lipinski definition) is 6. The number of ether oxygens (including phenoxy) is 1. The van der Waals surface area contributed by atoms with E-state index in [2.05, 4.69) is 25.8 Å². The van der Waals surface area contributed by atoms with Crippen molar-refractivity contribution < 1.29 is 29.3 Å². The van der Waals surface area contributed by atoms with Gasteiger partial charge in [-0.15, -0.1) is 0 Å². The number of pyridine rings is 1. The average molecular weight is 803 g/mol. The maximum atomic E-state index is 12.9. The highest BCUT2D eigenvalue weighted by molar-refractivity contribution is 5.92. The summed E-state index contributed by atoms with van der Waals surface area (Å²) in [6.07, 6.45) is 1.03. The number of fused-ring (bicyclic) bond motifs is 1. The number of amides is 3. The molecule has 2 heterocycles. The number of H-pyrrole nitrogens is 1. The van der Waals surface area contributed by atoms with Gasteiger partial charge in [0.2, 0.25) is 17.4 Å². The van der Waals surface area contributed by atoms with Gasteiger partial charge in [-0.05, 0) is 85.2 Å². The summed E-state index contributed by atoms with van der Waals surface area (Å²) in [5, 5.41) is 30.9. The Balaban J connectivity index is 0.863. The molecule has 6 N–H and O–H groups in total. The normalized spacial score (nSPS) is 13.8. The molecule has 3 amide bonds. The summed E-state index contributed by atoms with van der Waals surface area (Å²) < 4.78 is 5.76. The highest BCUT2D eigenvalue weighted by Crippen LogP contribution is 2.30. The Morgan fingerprint density at radius 1 is 0.898 bits per heavy atom. The van der Waals surface area contributed by atoms with Crippen molar-refractivity contribution in [2.75, 3.05) is 50.4 Å². The van der Waals surface area contributed by atoms with Crippen LogP contribution in [0.2, 0.25) is 0 Å². The van der Waals surface area contributed by atoms with Crippen LogP contribution in [-0.4, -0.2) is 88.8 Å². The van der Waals surface area contributed by atoms with Crippen LogP contribution in [0.25, 0.3) is 22.0 Å². The van der Waals surface area contributed by atoms with Crippen molar-refractivity contribution in [1.82, 2.24) is 20.1 Å². The molecule has 0 spiro atoms. The summed E-state index contributed by atoms with van der Waals surface area (Å²) in [5.74, 6) is -0.156. The molecule has 5 aromatic rings. The monoisotopic (exact) mass is 802 g/mol. The van der Waals surface area contributed by atoms with Crippen LogP contribution in [-0.2, 0) is 20.9 Å². The molecule has 59 heavy (non-hydrogen) atoms. The lowest BCUT2D eigenvalue weighted by Crippen LogP contribution is -2.40. The first-order chi connectivity index (χ1) is 28.4. The quantitative estimate of drug-likeness (QED) is 0.0641. The number of benzene rings is 4. The molecule has 4 aromatic carbocycles. The molecular formula is C46H54N6O7. The number of aromatic hydroxyl groups is 1. The van der Waals surface area contributed by atoms with Crippen LogP contribution in [0.15, 0.2) is 95.8 Å². The summed E-state index contributed by atoms with van der Waals surface area (Å²) in [7, 11) is 1.77. The molecule has 13 heteroatoms. The Kier molecular flexibility index (Phi) is 14.5. The van der Waals surface area contributed by atoms with Crippen LogP contribution < -0.4 is 21.5 Å². The second-order valence-electron chi connectivity index (χ2n) is 15.2. The lowest BCUT2D eigenvalue weighted by Gasteiger charge is -2.31. The van der Waals surface area contributed by atoms with E-state index in [-0.39, 0.29) is 47.7 Å². The van der Waals surface area contributed by atoms with Crippen LogP contribution in [0.3, 0.4) is 0 Å². The number of nitrogens with zero attached hydrogens (tertiary/aromatic N) is 2. The number of aliphatic hydroxyl groups is 1.